The number of carbonyl (C=O) groups is 3. The largest absolute Gasteiger partial charge is 0.462 e. The van der Waals surface area contributed by atoms with Gasteiger partial charge < -0.3 is 10.1 Å². The molecule has 3 aromatic rings. The van der Waals surface area contributed by atoms with Crippen LogP contribution in [-0.4, -0.2) is 24.3 Å². The van der Waals surface area contributed by atoms with Crippen molar-refractivity contribution in [2.45, 2.75) is 26.3 Å². The summed E-state index contributed by atoms with van der Waals surface area (Å²) in [4.78, 5) is 36.7. The average molecular weight is 417 g/mol. The van der Waals surface area contributed by atoms with Crippen molar-refractivity contribution in [3.05, 3.63) is 95.8 Å². The number of benzene rings is 2. The summed E-state index contributed by atoms with van der Waals surface area (Å²) < 4.78 is 6.86. The molecule has 31 heavy (non-hydrogen) atoms. The van der Waals surface area contributed by atoms with Crippen molar-refractivity contribution in [1.29, 1.82) is 0 Å². The maximum atomic E-state index is 12.4. The number of pyridine rings is 1. The van der Waals surface area contributed by atoms with Crippen molar-refractivity contribution < 1.29 is 23.7 Å². The molecule has 0 aliphatic rings. The number of ketones is 1. The molecule has 2 aromatic carbocycles. The number of unbranched alkanes of at least 4 members (excludes halogenated alkanes) is 1. The Morgan fingerprint density at radius 1 is 0.839 bits per heavy atom. The lowest BCUT2D eigenvalue weighted by molar-refractivity contribution is -0.684. The normalized spacial score (nSPS) is 10.4. The number of hydrogen-bond acceptors (Lipinski definition) is 4. The SMILES string of the molecule is CCCCOC(=O)c1ccc(NC(=O)C[n+]2ccc(C(=O)c3ccccc3)cc2)cc1. The highest BCUT2D eigenvalue weighted by Crippen LogP contribution is 2.11. The molecule has 0 radical (unpaired) electrons. The Balaban J connectivity index is 1.53. The molecule has 1 amide bonds. The second-order valence-corrected chi connectivity index (χ2v) is 7.07. The molecular weight excluding hydrogens is 392 g/mol. The molecule has 0 spiro atoms. The predicted molar refractivity (Wildman–Crippen MR) is 117 cm³/mol. The lowest BCUT2D eigenvalue weighted by Crippen LogP contribution is -2.39. The molecule has 0 aliphatic carbocycles. The van der Waals surface area contributed by atoms with Gasteiger partial charge in [-0.1, -0.05) is 43.7 Å². The van der Waals surface area contributed by atoms with Gasteiger partial charge in [0.1, 0.15) is 0 Å². The summed E-state index contributed by atoms with van der Waals surface area (Å²) in [5, 5.41) is 2.79. The van der Waals surface area contributed by atoms with E-state index in [1.807, 2.05) is 25.1 Å². The number of aromatic nitrogens is 1. The van der Waals surface area contributed by atoms with Gasteiger partial charge in [-0.2, -0.15) is 4.57 Å². The van der Waals surface area contributed by atoms with Gasteiger partial charge in [-0.05, 0) is 30.7 Å². The van der Waals surface area contributed by atoms with Gasteiger partial charge in [0.05, 0.1) is 12.2 Å². The number of rotatable bonds is 9. The third-order valence-corrected chi connectivity index (χ3v) is 4.65. The van der Waals surface area contributed by atoms with Gasteiger partial charge in [-0.25, -0.2) is 4.79 Å². The summed E-state index contributed by atoms with van der Waals surface area (Å²) in [7, 11) is 0. The third kappa shape index (κ3) is 6.34. The van der Waals surface area contributed by atoms with Gasteiger partial charge in [-0.15, -0.1) is 0 Å². The minimum Gasteiger partial charge on any atom is -0.462 e. The van der Waals surface area contributed by atoms with E-state index in [1.54, 1.807) is 65.5 Å². The molecule has 6 heteroatoms. The molecule has 0 atom stereocenters. The van der Waals surface area contributed by atoms with Crippen LogP contribution in [0.4, 0.5) is 5.69 Å². The van der Waals surface area contributed by atoms with Gasteiger partial charge in [0.25, 0.3) is 5.91 Å². The first-order chi connectivity index (χ1) is 15.1. The average Bonchev–Trinajstić information content (AvgIpc) is 2.80. The first-order valence-electron chi connectivity index (χ1n) is 10.2. The van der Waals surface area contributed by atoms with Gasteiger partial charge >= 0.3 is 5.97 Å². The minimum atomic E-state index is -0.368. The van der Waals surface area contributed by atoms with E-state index < -0.39 is 0 Å². The molecular formula is C25H25N2O4+. The van der Waals surface area contributed by atoms with Crippen LogP contribution in [0, 0.1) is 0 Å². The summed E-state index contributed by atoms with van der Waals surface area (Å²) in [5.41, 5.74) is 2.22. The van der Waals surface area contributed by atoms with E-state index in [0.717, 1.165) is 12.8 Å². The van der Waals surface area contributed by atoms with E-state index in [4.69, 9.17) is 4.74 Å². The quantitative estimate of drug-likeness (QED) is 0.249. The maximum Gasteiger partial charge on any atom is 0.338 e. The summed E-state index contributed by atoms with van der Waals surface area (Å²) >= 11 is 0. The second kappa shape index (κ2) is 10.8. The molecule has 1 heterocycles. The number of esters is 1. The van der Waals surface area contributed by atoms with Crippen LogP contribution >= 0.6 is 0 Å². The number of carbonyl (C=O) groups excluding carboxylic acids is 3. The molecule has 1 aromatic heterocycles. The molecule has 3 rings (SSSR count). The summed E-state index contributed by atoms with van der Waals surface area (Å²) in [6.45, 7) is 2.53. The Bertz CT molecular complexity index is 1030. The van der Waals surface area contributed by atoms with Gasteiger partial charge in [-0.3, -0.25) is 9.59 Å². The van der Waals surface area contributed by atoms with Crippen molar-refractivity contribution >= 4 is 23.3 Å². The molecule has 0 unspecified atom stereocenters. The zero-order valence-electron chi connectivity index (χ0n) is 17.4. The number of hydrogen-bond donors (Lipinski definition) is 1. The zero-order chi connectivity index (χ0) is 22.1. The number of anilines is 1. The molecule has 0 fully saturated rings. The minimum absolute atomic E-state index is 0.0643. The molecule has 0 bridgehead atoms. The monoisotopic (exact) mass is 417 g/mol. The Morgan fingerprint density at radius 2 is 1.48 bits per heavy atom. The highest BCUT2D eigenvalue weighted by molar-refractivity contribution is 6.08. The smallest absolute Gasteiger partial charge is 0.338 e. The Hall–Kier alpha value is -3.80. The Labute approximate surface area is 181 Å². The molecule has 0 saturated carbocycles. The number of nitrogens with one attached hydrogen (secondary N) is 1. The van der Waals surface area contributed by atoms with E-state index in [-0.39, 0.29) is 24.2 Å². The Kier molecular flexibility index (Phi) is 7.65. The zero-order valence-corrected chi connectivity index (χ0v) is 17.4. The summed E-state index contributed by atoms with van der Waals surface area (Å²) in [6.07, 6.45) is 5.19. The number of nitrogens with zero attached hydrogens (tertiary/aromatic N) is 1. The van der Waals surface area contributed by atoms with E-state index in [1.165, 1.54) is 0 Å². The van der Waals surface area contributed by atoms with Crippen LogP contribution in [0.15, 0.2) is 79.1 Å². The lowest BCUT2D eigenvalue weighted by atomic mass is 10.0. The van der Waals surface area contributed by atoms with Crippen LogP contribution in [0.3, 0.4) is 0 Å². The molecule has 1 N–H and O–H groups in total. The highest BCUT2D eigenvalue weighted by Gasteiger charge is 2.14. The fourth-order valence-corrected chi connectivity index (χ4v) is 2.92. The van der Waals surface area contributed by atoms with Gasteiger partial charge in [0.15, 0.2) is 18.2 Å². The number of amides is 1. The van der Waals surface area contributed by atoms with Crippen LogP contribution < -0.4 is 9.88 Å². The number of ether oxygens (including phenoxy) is 1. The molecule has 158 valence electrons. The second-order valence-electron chi connectivity index (χ2n) is 7.07. The van der Waals surface area contributed by atoms with Crippen LogP contribution in [0.5, 0.6) is 0 Å². The van der Waals surface area contributed by atoms with E-state index in [0.29, 0.717) is 29.0 Å². The van der Waals surface area contributed by atoms with Crippen LogP contribution in [-0.2, 0) is 16.1 Å². The standard InChI is InChI=1S/C25H24N2O4/c1-2-3-17-31-25(30)21-9-11-22(12-10-21)26-23(28)18-27-15-13-20(14-16-27)24(29)19-7-5-4-6-8-19/h4-16H,2-3,17-18H2,1H3/p+1. The summed E-state index contributed by atoms with van der Waals surface area (Å²) in [5.74, 6) is -0.650. The van der Waals surface area contributed by atoms with Crippen molar-refractivity contribution in [1.82, 2.24) is 0 Å². The first kappa shape index (κ1) is 21.9. The predicted octanol–water partition coefficient (Wildman–Crippen LogP) is 3.80. The topological polar surface area (TPSA) is 76.3 Å². The van der Waals surface area contributed by atoms with Crippen LogP contribution in [0.1, 0.15) is 46.0 Å². The van der Waals surface area contributed by atoms with Crippen molar-refractivity contribution in [3.63, 3.8) is 0 Å². The van der Waals surface area contributed by atoms with Gasteiger partial charge in [0, 0.05) is 28.9 Å². The lowest BCUT2D eigenvalue weighted by Gasteiger charge is -2.06. The van der Waals surface area contributed by atoms with Crippen LogP contribution in [0.25, 0.3) is 0 Å². The summed E-state index contributed by atoms with van der Waals surface area (Å²) in [6, 6.07) is 19.0. The highest BCUT2D eigenvalue weighted by atomic mass is 16.5. The van der Waals surface area contributed by atoms with Crippen molar-refractivity contribution in [2.75, 3.05) is 11.9 Å². The van der Waals surface area contributed by atoms with E-state index in [9.17, 15) is 14.4 Å². The molecule has 0 saturated heterocycles. The maximum absolute atomic E-state index is 12.4. The molecule has 0 aliphatic heterocycles. The first-order valence-corrected chi connectivity index (χ1v) is 10.2. The van der Waals surface area contributed by atoms with Crippen molar-refractivity contribution in [2.24, 2.45) is 0 Å². The van der Waals surface area contributed by atoms with Crippen LogP contribution in [0.2, 0.25) is 0 Å². The fourth-order valence-electron chi connectivity index (χ4n) is 2.92. The molecule has 6 nitrogen and oxygen atoms in total. The van der Waals surface area contributed by atoms with E-state index >= 15 is 0 Å². The van der Waals surface area contributed by atoms with Crippen molar-refractivity contribution in [3.8, 4) is 0 Å². The Morgan fingerprint density at radius 3 is 2.13 bits per heavy atom. The van der Waals surface area contributed by atoms with Gasteiger partial charge in [0.2, 0.25) is 6.54 Å². The fraction of sp³-hybridized carbons (Fsp3) is 0.200. The van der Waals surface area contributed by atoms with E-state index in [2.05, 4.69) is 5.32 Å². The third-order valence-electron chi connectivity index (χ3n) is 4.65.